The molecule has 0 heterocycles. The van der Waals surface area contributed by atoms with E-state index in [4.69, 9.17) is 58.6 Å². The highest BCUT2D eigenvalue weighted by atomic mass is 16.6. The Balaban J connectivity index is 3.92. The van der Waals surface area contributed by atoms with Crippen molar-refractivity contribution in [3.63, 3.8) is 0 Å². The molecule has 0 saturated carbocycles. The van der Waals surface area contributed by atoms with Gasteiger partial charge < -0.3 is 58.6 Å². The molecule has 15 heteroatoms. The van der Waals surface area contributed by atoms with E-state index in [0.717, 1.165) is 0 Å². The van der Waals surface area contributed by atoms with Crippen molar-refractivity contribution in [2.24, 2.45) is 5.73 Å². The van der Waals surface area contributed by atoms with Gasteiger partial charge >= 0.3 is 11.9 Å². The number of carboxylic acid groups (broad SMARTS) is 2. The molecule has 0 bridgehead atoms. The predicted octanol–water partition coefficient (Wildman–Crippen LogP) is -0.654. The second-order valence-corrected chi connectivity index (χ2v) is 8.43. The van der Waals surface area contributed by atoms with Gasteiger partial charge in [0.15, 0.2) is 0 Å². The summed E-state index contributed by atoms with van der Waals surface area (Å²) in [4.78, 5) is 23.0. The quantitative estimate of drug-likeness (QED) is 0.0778. The predicted molar refractivity (Wildman–Crippen MR) is 147 cm³/mol. The van der Waals surface area contributed by atoms with E-state index >= 15 is 0 Å². The van der Waals surface area contributed by atoms with Gasteiger partial charge in [0.25, 0.3) is 0 Å². The molecular weight excluding hydrogens is 548 g/mol. The topological polar surface area (TPSA) is 187 Å². The van der Waals surface area contributed by atoms with E-state index in [2.05, 4.69) is 4.90 Å². The molecule has 41 heavy (non-hydrogen) atoms. The Bertz CT molecular complexity index is 539. The Hall–Kier alpha value is -1.50. The maximum atomic E-state index is 10.4. The number of ether oxygens (including phenoxy) is 9. The van der Waals surface area contributed by atoms with E-state index in [0.29, 0.717) is 132 Å². The monoisotopic (exact) mass is 600 g/mol. The van der Waals surface area contributed by atoms with Gasteiger partial charge in [-0.2, -0.15) is 0 Å². The Morgan fingerprint density at radius 3 is 0.927 bits per heavy atom. The molecule has 244 valence electrons. The van der Waals surface area contributed by atoms with E-state index in [9.17, 15) is 9.59 Å². The molecule has 0 aromatic rings. The van der Waals surface area contributed by atoms with Crippen molar-refractivity contribution in [2.75, 3.05) is 145 Å². The summed E-state index contributed by atoms with van der Waals surface area (Å²) in [5.41, 5.74) is 5.36. The molecule has 0 amide bonds. The fourth-order valence-corrected chi connectivity index (χ4v) is 2.94. The largest absolute Gasteiger partial charge is 0.481 e. The van der Waals surface area contributed by atoms with E-state index in [1.54, 1.807) is 0 Å². The molecule has 15 nitrogen and oxygen atoms in total. The standard InChI is InChI=1S/C26H52N2O13/c27-3-9-35-15-21-41-24-18-38-12-6-28(4-10-36-16-22-39-19-13-33-7-1-25(29)30)5-11-37-17-23-40-20-14-34-8-2-26(31)32/h1-24,27H2,(H,29,30)(H,31,32). The summed E-state index contributed by atoms with van der Waals surface area (Å²) >= 11 is 0. The molecule has 0 radical (unpaired) electrons. The van der Waals surface area contributed by atoms with Gasteiger partial charge in [-0.1, -0.05) is 0 Å². The average molecular weight is 601 g/mol. The summed E-state index contributed by atoms with van der Waals surface area (Å²) in [5.74, 6) is -1.77. The van der Waals surface area contributed by atoms with Crippen molar-refractivity contribution in [3.8, 4) is 0 Å². The first-order valence-corrected chi connectivity index (χ1v) is 14.1. The van der Waals surface area contributed by atoms with Crippen LogP contribution < -0.4 is 5.73 Å². The number of hydrogen-bond donors (Lipinski definition) is 3. The van der Waals surface area contributed by atoms with Crippen LogP contribution in [0.3, 0.4) is 0 Å². The van der Waals surface area contributed by atoms with E-state index < -0.39 is 11.9 Å². The van der Waals surface area contributed by atoms with Gasteiger partial charge in [-0.15, -0.1) is 0 Å². The second-order valence-electron chi connectivity index (χ2n) is 8.43. The number of rotatable bonds is 35. The second kappa shape index (κ2) is 33.0. The van der Waals surface area contributed by atoms with Crippen molar-refractivity contribution in [1.82, 2.24) is 4.90 Å². The van der Waals surface area contributed by atoms with E-state index in [-0.39, 0.29) is 26.1 Å². The molecule has 0 saturated heterocycles. The fourth-order valence-electron chi connectivity index (χ4n) is 2.94. The first kappa shape index (κ1) is 39.5. The highest BCUT2D eigenvalue weighted by Gasteiger charge is 2.06. The van der Waals surface area contributed by atoms with Crippen LogP contribution in [0.4, 0.5) is 0 Å². The Labute approximate surface area is 243 Å². The molecule has 0 aliphatic rings. The van der Waals surface area contributed by atoms with Crippen LogP contribution in [0.1, 0.15) is 12.8 Å². The molecule has 0 aliphatic heterocycles. The maximum Gasteiger partial charge on any atom is 0.305 e. The number of hydrogen-bond acceptors (Lipinski definition) is 13. The van der Waals surface area contributed by atoms with Crippen molar-refractivity contribution in [2.45, 2.75) is 12.8 Å². The van der Waals surface area contributed by atoms with Crippen LogP contribution in [-0.4, -0.2) is 172 Å². The van der Waals surface area contributed by atoms with Crippen molar-refractivity contribution in [1.29, 1.82) is 0 Å². The van der Waals surface area contributed by atoms with Crippen LogP contribution in [0.15, 0.2) is 0 Å². The summed E-state index contributed by atoms with van der Waals surface area (Å²) in [6.45, 7) is 10.3. The third kappa shape index (κ3) is 34.6. The molecule has 0 aliphatic carbocycles. The van der Waals surface area contributed by atoms with Gasteiger partial charge in [0.2, 0.25) is 0 Å². The number of carbonyl (C=O) groups is 2. The average Bonchev–Trinajstić information content (AvgIpc) is 2.94. The first-order chi connectivity index (χ1) is 20.1. The highest BCUT2D eigenvalue weighted by Crippen LogP contribution is 1.93. The summed E-state index contributed by atoms with van der Waals surface area (Å²) in [6.07, 6.45) is -0.0371. The highest BCUT2D eigenvalue weighted by molar-refractivity contribution is 5.67. The van der Waals surface area contributed by atoms with Gasteiger partial charge in [0.05, 0.1) is 132 Å². The van der Waals surface area contributed by atoms with Crippen LogP contribution in [0, 0.1) is 0 Å². The van der Waals surface area contributed by atoms with Crippen molar-refractivity contribution < 1.29 is 62.4 Å². The Morgan fingerprint density at radius 2 is 0.659 bits per heavy atom. The van der Waals surface area contributed by atoms with Crippen molar-refractivity contribution in [3.05, 3.63) is 0 Å². The molecule has 0 unspecified atom stereocenters. The number of nitrogens with zero attached hydrogens (tertiary/aromatic N) is 1. The lowest BCUT2D eigenvalue weighted by molar-refractivity contribution is -0.139. The zero-order valence-electron chi connectivity index (χ0n) is 24.4. The zero-order valence-corrected chi connectivity index (χ0v) is 24.4. The van der Waals surface area contributed by atoms with Gasteiger partial charge in [-0.05, 0) is 0 Å². The third-order valence-electron chi connectivity index (χ3n) is 5.07. The SMILES string of the molecule is NCCOCCOCCOCCN(CCOCCOCCOCCC(=O)O)CCOCCOCCOCCC(=O)O. The number of aliphatic carboxylic acids is 2. The summed E-state index contributed by atoms with van der Waals surface area (Å²) in [7, 11) is 0. The lowest BCUT2D eigenvalue weighted by atomic mass is 10.4. The lowest BCUT2D eigenvalue weighted by Gasteiger charge is -2.22. The van der Waals surface area contributed by atoms with Gasteiger partial charge in [-0.25, -0.2) is 0 Å². The first-order valence-electron chi connectivity index (χ1n) is 14.1. The van der Waals surface area contributed by atoms with Crippen molar-refractivity contribution >= 4 is 11.9 Å². The fraction of sp³-hybridized carbons (Fsp3) is 0.923. The van der Waals surface area contributed by atoms with Gasteiger partial charge in [-0.3, -0.25) is 14.5 Å². The zero-order chi connectivity index (χ0) is 30.1. The minimum absolute atomic E-state index is 0.0185. The van der Waals surface area contributed by atoms with Gasteiger partial charge in [0, 0.05) is 26.2 Å². The molecule has 0 atom stereocenters. The molecule has 4 N–H and O–H groups in total. The normalized spacial score (nSPS) is 11.5. The number of carboxylic acids is 2. The molecule has 0 fully saturated rings. The summed E-state index contributed by atoms with van der Waals surface area (Å²) < 4.78 is 48.9. The van der Waals surface area contributed by atoms with Crippen LogP contribution in [0.25, 0.3) is 0 Å². The smallest absolute Gasteiger partial charge is 0.305 e. The Kier molecular flexibility index (Phi) is 31.8. The van der Waals surface area contributed by atoms with E-state index in [1.807, 2.05) is 0 Å². The minimum atomic E-state index is -0.886. The maximum absolute atomic E-state index is 10.4. The molecule has 0 spiro atoms. The molecule has 0 rings (SSSR count). The van der Waals surface area contributed by atoms with Crippen LogP contribution in [-0.2, 0) is 52.2 Å². The van der Waals surface area contributed by atoms with Gasteiger partial charge in [0.1, 0.15) is 0 Å². The summed E-state index contributed by atoms with van der Waals surface area (Å²) in [6, 6.07) is 0. The molecule has 0 aromatic heterocycles. The van der Waals surface area contributed by atoms with Crippen LogP contribution >= 0.6 is 0 Å². The van der Waals surface area contributed by atoms with Crippen LogP contribution in [0.2, 0.25) is 0 Å². The Morgan fingerprint density at radius 1 is 0.415 bits per heavy atom. The minimum Gasteiger partial charge on any atom is -0.481 e. The van der Waals surface area contributed by atoms with Crippen LogP contribution in [0.5, 0.6) is 0 Å². The lowest BCUT2D eigenvalue weighted by Crippen LogP contribution is -2.34. The number of nitrogens with two attached hydrogens (primary N) is 1. The van der Waals surface area contributed by atoms with E-state index in [1.165, 1.54) is 0 Å². The third-order valence-corrected chi connectivity index (χ3v) is 5.07. The molecule has 0 aromatic carbocycles. The summed E-state index contributed by atoms with van der Waals surface area (Å²) in [5, 5.41) is 17.1. The molecular formula is C26H52N2O13.